The predicted molar refractivity (Wildman–Crippen MR) is 64.3 cm³/mol. The molecule has 0 saturated carbocycles. The molecule has 0 radical (unpaired) electrons. The molecule has 86 valence electrons. The molecule has 1 aromatic heterocycles. The Hall–Kier alpha value is -1.34. The van der Waals surface area contributed by atoms with Crippen LogP contribution in [0, 0.1) is 13.8 Å². The standard InChI is InChI=1S/C9H13N5OS/c1-5-6(2)12-9-7(11-5)8(10)13-16-14(9)3-4-15/h15H,3-4H2,1-2H3,(H2,10,13). The maximum atomic E-state index is 8.95. The molecule has 3 N–H and O–H groups in total. The summed E-state index contributed by atoms with van der Waals surface area (Å²) in [5, 5.41) is 8.95. The molecule has 2 rings (SSSR count). The van der Waals surface area contributed by atoms with Crippen LogP contribution in [0.3, 0.4) is 0 Å². The van der Waals surface area contributed by atoms with Gasteiger partial charge in [-0.3, -0.25) is 4.31 Å². The zero-order chi connectivity index (χ0) is 11.7. The number of anilines is 1. The molecule has 0 spiro atoms. The van der Waals surface area contributed by atoms with Crippen molar-refractivity contribution >= 4 is 23.8 Å². The number of fused-ring (bicyclic) bond motifs is 1. The highest BCUT2D eigenvalue weighted by atomic mass is 32.2. The molecule has 16 heavy (non-hydrogen) atoms. The van der Waals surface area contributed by atoms with Gasteiger partial charge in [0.15, 0.2) is 11.7 Å². The van der Waals surface area contributed by atoms with Crippen LogP contribution in [0.25, 0.3) is 0 Å². The molecule has 0 bridgehead atoms. The van der Waals surface area contributed by atoms with Gasteiger partial charge in [-0.05, 0) is 13.8 Å². The number of β-amino-alcohol motifs (C(OH)–C–C–N with tert-alkyl or cyclic N) is 1. The molecular formula is C9H13N5OS. The monoisotopic (exact) mass is 239 g/mol. The van der Waals surface area contributed by atoms with Crippen molar-refractivity contribution in [2.45, 2.75) is 13.8 Å². The minimum Gasteiger partial charge on any atom is -0.394 e. The van der Waals surface area contributed by atoms with Gasteiger partial charge in [0.25, 0.3) is 0 Å². The number of hydrogen-bond acceptors (Lipinski definition) is 7. The van der Waals surface area contributed by atoms with E-state index in [1.807, 2.05) is 13.8 Å². The Morgan fingerprint density at radius 2 is 2.00 bits per heavy atom. The summed E-state index contributed by atoms with van der Waals surface area (Å²) in [5.74, 6) is 1.06. The molecule has 1 aliphatic rings. The zero-order valence-electron chi connectivity index (χ0n) is 9.14. The molecule has 7 heteroatoms. The average molecular weight is 239 g/mol. The lowest BCUT2D eigenvalue weighted by Gasteiger charge is -2.24. The second kappa shape index (κ2) is 4.26. The molecular weight excluding hydrogens is 226 g/mol. The van der Waals surface area contributed by atoms with Crippen LogP contribution in [-0.4, -0.2) is 34.1 Å². The van der Waals surface area contributed by atoms with Gasteiger partial charge in [-0.25, -0.2) is 9.97 Å². The van der Waals surface area contributed by atoms with Gasteiger partial charge in [0, 0.05) is 0 Å². The summed E-state index contributed by atoms with van der Waals surface area (Å²) in [6, 6.07) is 0. The van der Waals surface area contributed by atoms with Gasteiger partial charge in [-0.1, -0.05) is 0 Å². The molecule has 0 aromatic carbocycles. The third-order valence-electron chi connectivity index (χ3n) is 2.31. The molecule has 1 aromatic rings. The van der Waals surface area contributed by atoms with Crippen LogP contribution in [0.1, 0.15) is 17.1 Å². The number of amidine groups is 1. The van der Waals surface area contributed by atoms with Crippen molar-refractivity contribution in [2.75, 3.05) is 17.5 Å². The maximum absolute atomic E-state index is 8.95. The number of aliphatic hydroxyl groups is 1. The molecule has 0 unspecified atom stereocenters. The SMILES string of the molecule is Cc1nc2c(nc1C)N(CCO)SN=C2N. The van der Waals surface area contributed by atoms with Gasteiger partial charge in [0.05, 0.1) is 36.7 Å². The lowest BCUT2D eigenvalue weighted by Crippen LogP contribution is -2.30. The van der Waals surface area contributed by atoms with Crippen LogP contribution >= 0.6 is 12.1 Å². The van der Waals surface area contributed by atoms with E-state index in [-0.39, 0.29) is 6.61 Å². The fourth-order valence-electron chi connectivity index (χ4n) is 1.35. The van der Waals surface area contributed by atoms with Crippen LogP contribution in [0.15, 0.2) is 4.40 Å². The number of nitrogens with zero attached hydrogens (tertiary/aromatic N) is 4. The van der Waals surface area contributed by atoms with E-state index in [9.17, 15) is 0 Å². The normalized spacial score (nSPS) is 14.7. The van der Waals surface area contributed by atoms with Gasteiger partial charge < -0.3 is 10.8 Å². The number of aliphatic hydroxyl groups excluding tert-OH is 1. The molecule has 1 aliphatic heterocycles. The number of aromatic nitrogens is 2. The van der Waals surface area contributed by atoms with Crippen molar-refractivity contribution in [3.05, 3.63) is 17.1 Å². The van der Waals surface area contributed by atoms with Crippen LogP contribution in [-0.2, 0) is 0 Å². The lowest BCUT2D eigenvalue weighted by atomic mass is 10.3. The second-order valence-electron chi connectivity index (χ2n) is 3.45. The predicted octanol–water partition coefficient (Wildman–Crippen LogP) is 0.174. The highest BCUT2D eigenvalue weighted by molar-refractivity contribution is 7.99. The van der Waals surface area contributed by atoms with Crippen LogP contribution in [0.5, 0.6) is 0 Å². The highest BCUT2D eigenvalue weighted by Gasteiger charge is 2.23. The van der Waals surface area contributed by atoms with E-state index >= 15 is 0 Å². The topological polar surface area (TPSA) is 87.6 Å². The third-order valence-corrected chi connectivity index (χ3v) is 3.14. The summed E-state index contributed by atoms with van der Waals surface area (Å²) < 4.78 is 5.85. The highest BCUT2D eigenvalue weighted by Crippen LogP contribution is 2.29. The minimum atomic E-state index is 0.0382. The van der Waals surface area contributed by atoms with E-state index in [4.69, 9.17) is 10.8 Å². The van der Waals surface area contributed by atoms with Gasteiger partial charge >= 0.3 is 0 Å². The third kappa shape index (κ3) is 1.83. The maximum Gasteiger partial charge on any atom is 0.170 e. The molecule has 0 atom stereocenters. The van der Waals surface area contributed by atoms with E-state index in [1.165, 1.54) is 12.1 Å². The van der Waals surface area contributed by atoms with Crippen molar-refractivity contribution in [1.82, 2.24) is 9.97 Å². The Balaban J connectivity index is 2.50. The van der Waals surface area contributed by atoms with Gasteiger partial charge in [-0.2, -0.15) is 4.40 Å². The van der Waals surface area contributed by atoms with Gasteiger partial charge in [-0.15, -0.1) is 0 Å². The van der Waals surface area contributed by atoms with E-state index in [2.05, 4.69) is 14.4 Å². The second-order valence-corrected chi connectivity index (χ2v) is 4.24. The number of rotatable bonds is 2. The van der Waals surface area contributed by atoms with Crippen molar-refractivity contribution < 1.29 is 5.11 Å². The summed E-state index contributed by atoms with van der Waals surface area (Å²) in [7, 11) is 0. The molecule has 0 fully saturated rings. The van der Waals surface area contributed by atoms with E-state index in [0.717, 1.165) is 11.4 Å². The van der Waals surface area contributed by atoms with E-state index in [0.29, 0.717) is 23.9 Å². The molecule has 0 amide bonds. The Morgan fingerprint density at radius 1 is 1.31 bits per heavy atom. The first-order valence-electron chi connectivity index (χ1n) is 4.88. The number of hydrogen-bond donors (Lipinski definition) is 2. The summed E-state index contributed by atoms with van der Waals surface area (Å²) in [4.78, 5) is 8.81. The quantitative estimate of drug-likeness (QED) is 0.716. The van der Waals surface area contributed by atoms with Crippen LogP contribution in [0.2, 0.25) is 0 Å². The lowest BCUT2D eigenvalue weighted by molar-refractivity contribution is 0.307. The fraction of sp³-hybridized carbons (Fsp3) is 0.444. The fourth-order valence-corrected chi connectivity index (χ4v) is 1.99. The summed E-state index contributed by atoms with van der Waals surface area (Å²) >= 11 is 1.19. The minimum absolute atomic E-state index is 0.0382. The van der Waals surface area contributed by atoms with Gasteiger partial charge in [0.1, 0.15) is 5.69 Å². The molecule has 0 aliphatic carbocycles. The Labute approximate surface area is 97.9 Å². The van der Waals surface area contributed by atoms with Crippen molar-refractivity contribution in [3.63, 3.8) is 0 Å². The first-order valence-corrected chi connectivity index (χ1v) is 5.61. The smallest absolute Gasteiger partial charge is 0.170 e. The molecule has 0 saturated heterocycles. The van der Waals surface area contributed by atoms with E-state index < -0.39 is 0 Å². The largest absolute Gasteiger partial charge is 0.394 e. The van der Waals surface area contributed by atoms with Crippen molar-refractivity contribution in [3.8, 4) is 0 Å². The Bertz CT molecular complexity index is 448. The average Bonchev–Trinajstić information content (AvgIpc) is 2.25. The molecule has 2 heterocycles. The van der Waals surface area contributed by atoms with Crippen molar-refractivity contribution in [1.29, 1.82) is 0 Å². The Morgan fingerprint density at radius 3 is 2.69 bits per heavy atom. The number of nitrogens with two attached hydrogens (primary N) is 1. The summed E-state index contributed by atoms with van der Waals surface area (Å²) in [6.45, 7) is 4.27. The first-order chi connectivity index (χ1) is 7.63. The van der Waals surface area contributed by atoms with Crippen LogP contribution in [0.4, 0.5) is 5.82 Å². The first kappa shape index (κ1) is 11.2. The Kier molecular flexibility index (Phi) is 2.97. The zero-order valence-corrected chi connectivity index (χ0v) is 9.95. The van der Waals surface area contributed by atoms with Crippen LogP contribution < -0.4 is 10.0 Å². The van der Waals surface area contributed by atoms with Crippen molar-refractivity contribution in [2.24, 2.45) is 10.1 Å². The van der Waals surface area contributed by atoms with E-state index in [1.54, 1.807) is 4.31 Å². The van der Waals surface area contributed by atoms with Gasteiger partial charge in [0.2, 0.25) is 0 Å². The number of aryl methyl sites for hydroxylation is 2. The molecule has 6 nitrogen and oxygen atoms in total. The summed E-state index contributed by atoms with van der Waals surface area (Å²) in [6.07, 6.45) is 0. The summed E-state index contributed by atoms with van der Waals surface area (Å²) in [5.41, 5.74) is 8.05.